The Morgan fingerprint density at radius 3 is 2.54 bits per heavy atom. The molecule has 0 aliphatic heterocycles. The van der Waals surface area contributed by atoms with Gasteiger partial charge in [0.15, 0.2) is 0 Å². The number of nitrogens with zero attached hydrogens (tertiary/aromatic N) is 2. The molecule has 0 aliphatic rings. The van der Waals surface area contributed by atoms with Gasteiger partial charge in [-0.15, -0.1) is 3.71 Å². The highest BCUT2D eigenvalue weighted by Crippen LogP contribution is 2.23. The number of hydrogen-bond acceptors (Lipinski definition) is 5. The summed E-state index contributed by atoms with van der Waals surface area (Å²) in [6, 6.07) is 12.3. The summed E-state index contributed by atoms with van der Waals surface area (Å²) >= 11 is 7.02. The third-order valence-electron chi connectivity index (χ3n) is 3.59. The molecule has 0 saturated heterocycles. The molecule has 0 aromatic heterocycles. The third-order valence-corrected chi connectivity index (χ3v) is 7.05. The molecule has 0 saturated carbocycles. The lowest BCUT2D eigenvalue weighted by Crippen LogP contribution is -2.28. The molecule has 0 unspecified atom stereocenters. The first kappa shape index (κ1) is 20.9. The molecule has 0 spiro atoms. The maximum atomic E-state index is 12.7. The Bertz CT molecular complexity index is 869. The molecule has 2 rings (SSSR count). The van der Waals surface area contributed by atoms with E-state index in [1.807, 2.05) is 26.0 Å². The summed E-state index contributed by atoms with van der Waals surface area (Å²) in [5, 5.41) is 0.631. The van der Waals surface area contributed by atoms with Crippen LogP contribution in [0.5, 0.6) is 0 Å². The van der Waals surface area contributed by atoms with Crippen LogP contribution >= 0.6 is 23.7 Å². The first-order valence-corrected chi connectivity index (χ1v) is 10.7. The molecule has 0 fully saturated rings. The molecule has 140 valence electrons. The van der Waals surface area contributed by atoms with Gasteiger partial charge in [-0.3, -0.25) is 4.99 Å². The van der Waals surface area contributed by atoms with Gasteiger partial charge in [0.2, 0.25) is 0 Å². The average Bonchev–Trinajstić information content (AvgIpc) is 2.61. The Balaban J connectivity index is 1.95. The van der Waals surface area contributed by atoms with E-state index in [0.717, 1.165) is 28.9 Å². The smallest absolute Gasteiger partial charge is 0.253 e. The number of halogens is 1. The fourth-order valence-electron chi connectivity index (χ4n) is 2.12. The van der Waals surface area contributed by atoms with Crippen molar-refractivity contribution in [2.24, 2.45) is 4.99 Å². The number of aliphatic imine (C=N–C) groups is 1. The molecule has 0 heterocycles. The minimum Gasteiger partial charge on any atom is -0.260 e. The monoisotopic (exact) mass is 411 g/mol. The Morgan fingerprint density at radius 2 is 1.88 bits per heavy atom. The second-order valence-corrected chi connectivity index (χ2v) is 9.06. The predicted molar refractivity (Wildman–Crippen MR) is 111 cm³/mol. The van der Waals surface area contributed by atoms with Gasteiger partial charge in [-0.1, -0.05) is 42.3 Å². The van der Waals surface area contributed by atoms with Crippen LogP contribution in [0.4, 0.5) is 5.69 Å². The Kier molecular flexibility index (Phi) is 7.67. The van der Waals surface area contributed by atoms with Gasteiger partial charge in [0.05, 0.1) is 10.6 Å². The van der Waals surface area contributed by atoms with Crippen LogP contribution in [0.15, 0.2) is 52.4 Å². The zero-order valence-corrected chi connectivity index (χ0v) is 17.3. The van der Waals surface area contributed by atoms with Crippen LogP contribution in [-0.2, 0) is 10.0 Å². The van der Waals surface area contributed by atoms with E-state index in [0.29, 0.717) is 18.1 Å². The van der Waals surface area contributed by atoms with Crippen molar-refractivity contribution < 1.29 is 8.42 Å². The zero-order valence-electron chi connectivity index (χ0n) is 14.9. The Morgan fingerprint density at radius 1 is 1.19 bits per heavy atom. The van der Waals surface area contributed by atoms with Crippen molar-refractivity contribution in [3.63, 3.8) is 0 Å². The lowest BCUT2D eigenvalue weighted by Gasteiger charge is -2.19. The standard InChI is InChI=1S/C18H22ClN3O2S2/c1-4-22(26(23,24)17-9-5-14(2)6-10-17)25-21-12-11-20-18-13-16(19)8-7-15(18)3/h5-11,13,21H,4,12H2,1-3H3. The van der Waals surface area contributed by atoms with Crippen LogP contribution in [0.25, 0.3) is 0 Å². The molecular weight excluding hydrogens is 390 g/mol. The van der Waals surface area contributed by atoms with Crippen LogP contribution in [0.1, 0.15) is 18.1 Å². The van der Waals surface area contributed by atoms with Crippen molar-refractivity contribution in [3.8, 4) is 0 Å². The molecule has 2 aromatic carbocycles. The van der Waals surface area contributed by atoms with Crippen LogP contribution in [0.3, 0.4) is 0 Å². The molecule has 2 aromatic rings. The zero-order chi connectivity index (χ0) is 19.2. The third kappa shape index (κ3) is 5.56. The summed E-state index contributed by atoms with van der Waals surface area (Å²) in [5.41, 5.74) is 2.84. The van der Waals surface area contributed by atoms with Crippen molar-refractivity contribution in [1.29, 1.82) is 0 Å². The maximum absolute atomic E-state index is 12.7. The molecule has 26 heavy (non-hydrogen) atoms. The molecule has 0 radical (unpaired) electrons. The number of aryl methyl sites for hydroxylation is 2. The normalized spacial score (nSPS) is 12.2. The Labute approximate surface area is 164 Å². The second kappa shape index (κ2) is 9.53. The van der Waals surface area contributed by atoms with E-state index in [2.05, 4.69) is 9.71 Å². The number of sulfonamides is 1. The van der Waals surface area contributed by atoms with E-state index < -0.39 is 10.0 Å². The molecule has 0 atom stereocenters. The summed E-state index contributed by atoms with van der Waals surface area (Å²) in [7, 11) is -3.55. The molecule has 0 bridgehead atoms. The van der Waals surface area contributed by atoms with Gasteiger partial charge in [-0.05, 0) is 43.7 Å². The van der Waals surface area contributed by atoms with E-state index >= 15 is 0 Å². The van der Waals surface area contributed by atoms with E-state index in [1.54, 1.807) is 43.5 Å². The minimum atomic E-state index is -3.55. The van der Waals surface area contributed by atoms with Gasteiger partial charge < -0.3 is 0 Å². The molecule has 0 aliphatic carbocycles. The van der Waals surface area contributed by atoms with Gasteiger partial charge in [0, 0.05) is 36.5 Å². The van der Waals surface area contributed by atoms with Crippen molar-refractivity contribution in [1.82, 2.24) is 8.43 Å². The van der Waals surface area contributed by atoms with Gasteiger partial charge in [-0.2, -0.15) is 0 Å². The summed E-state index contributed by atoms with van der Waals surface area (Å²) < 4.78 is 29.6. The van der Waals surface area contributed by atoms with Gasteiger partial charge >= 0.3 is 0 Å². The maximum Gasteiger partial charge on any atom is 0.253 e. The number of rotatable bonds is 8. The fourth-order valence-corrected chi connectivity index (χ4v) is 4.58. The molecule has 0 amide bonds. The highest BCUT2D eigenvalue weighted by Gasteiger charge is 2.23. The topological polar surface area (TPSA) is 61.8 Å². The molecule has 8 heteroatoms. The first-order chi connectivity index (χ1) is 12.3. The lowest BCUT2D eigenvalue weighted by molar-refractivity contribution is 0.549. The summed E-state index contributed by atoms with van der Waals surface area (Å²) in [6.07, 6.45) is 1.69. The first-order valence-electron chi connectivity index (χ1n) is 8.12. The quantitative estimate of drug-likeness (QED) is 0.394. The van der Waals surface area contributed by atoms with Crippen molar-refractivity contribution in [2.75, 3.05) is 13.1 Å². The summed E-state index contributed by atoms with van der Waals surface area (Å²) in [5.74, 6) is 0. The average molecular weight is 412 g/mol. The highest BCUT2D eigenvalue weighted by atomic mass is 35.5. The largest absolute Gasteiger partial charge is 0.260 e. The predicted octanol–water partition coefficient (Wildman–Crippen LogP) is 4.52. The van der Waals surface area contributed by atoms with Crippen LogP contribution in [0, 0.1) is 13.8 Å². The number of hydrogen-bond donors (Lipinski definition) is 1. The van der Waals surface area contributed by atoms with Crippen molar-refractivity contribution in [2.45, 2.75) is 25.7 Å². The molecule has 5 nitrogen and oxygen atoms in total. The van der Waals surface area contributed by atoms with E-state index in [4.69, 9.17) is 11.6 Å². The molecule has 1 N–H and O–H groups in total. The van der Waals surface area contributed by atoms with Crippen molar-refractivity contribution >= 4 is 45.7 Å². The van der Waals surface area contributed by atoms with Crippen molar-refractivity contribution in [3.05, 3.63) is 58.6 Å². The number of benzene rings is 2. The van der Waals surface area contributed by atoms with Crippen LogP contribution in [-0.4, -0.2) is 31.4 Å². The SMILES string of the molecule is CCN(SNCC=Nc1cc(Cl)ccc1C)S(=O)(=O)c1ccc(C)cc1. The highest BCUT2D eigenvalue weighted by molar-refractivity contribution is 8.07. The number of nitrogens with one attached hydrogen (secondary N) is 1. The van der Waals surface area contributed by atoms with E-state index in [-0.39, 0.29) is 4.90 Å². The molecular formula is C18H22ClN3O2S2. The van der Waals surface area contributed by atoms with Gasteiger partial charge in [-0.25, -0.2) is 13.1 Å². The second-order valence-electron chi connectivity index (χ2n) is 5.62. The minimum absolute atomic E-state index is 0.280. The van der Waals surface area contributed by atoms with Crippen LogP contribution in [0.2, 0.25) is 5.02 Å². The van der Waals surface area contributed by atoms with Crippen LogP contribution < -0.4 is 4.72 Å². The lowest BCUT2D eigenvalue weighted by atomic mass is 10.2. The van der Waals surface area contributed by atoms with Gasteiger partial charge in [0.25, 0.3) is 10.0 Å². The van der Waals surface area contributed by atoms with E-state index in [9.17, 15) is 8.42 Å². The summed E-state index contributed by atoms with van der Waals surface area (Å²) in [6.45, 7) is 6.43. The van der Waals surface area contributed by atoms with Gasteiger partial charge in [0.1, 0.15) is 0 Å². The fraction of sp³-hybridized carbons (Fsp3) is 0.278. The Hall–Kier alpha value is -1.38. The summed E-state index contributed by atoms with van der Waals surface area (Å²) in [4.78, 5) is 4.65. The van der Waals surface area contributed by atoms with E-state index in [1.165, 1.54) is 3.71 Å².